The van der Waals surface area contributed by atoms with E-state index in [-0.39, 0.29) is 51.1 Å². The van der Waals surface area contributed by atoms with Gasteiger partial charge in [-0.15, -0.1) is 0 Å². The van der Waals surface area contributed by atoms with E-state index in [2.05, 4.69) is 20.1 Å². The number of amides is 2. The van der Waals surface area contributed by atoms with Crippen LogP contribution in [-0.4, -0.2) is 107 Å². The average Bonchev–Trinajstić information content (AvgIpc) is 2.84. The van der Waals surface area contributed by atoms with Crippen LogP contribution < -0.4 is 10.6 Å². The maximum Gasteiger partial charge on any atom is 0.330 e. The molecule has 2 amide bonds. The Kier molecular flexibility index (Phi) is 17.4. The van der Waals surface area contributed by atoms with Crippen LogP contribution in [0.25, 0.3) is 0 Å². The second-order valence-corrected chi connectivity index (χ2v) is 18.0. The maximum absolute atomic E-state index is 12.2. The van der Waals surface area contributed by atoms with Crippen LogP contribution in [-0.2, 0) is 52.0 Å². The summed E-state index contributed by atoms with van der Waals surface area (Å²) >= 11 is 0. The van der Waals surface area contributed by atoms with Crippen molar-refractivity contribution >= 4 is 40.4 Å². The van der Waals surface area contributed by atoms with Gasteiger partial charge in [0.25, 0.3) is 0 Å². The SMILES string of the molecule is COCC(NC(=O)CC[Si](C)(C)OCCOO[Si](C)(C)CCC(=O)NC(COC)C(=O)OC)C(=O)OC. The third-order valence-electron chi connectivity index (χ3n) is 5.16. The van der Waals surface area contributed by atoms with Gasteiger partial charge in [-0.2, -0.15) is 0 Å². The highest BCUT2D eigenvalue weighted by Crippen LogP contribution is 2.16. The first-order chi connectivity index (χ1) is 17.3. The lowest BCUT2D eigenvalue weighted by Gasteiger charge is -2.24. The highest BCUT2D eigenvalue weighted by Gasteiger charge is 2.29. The van der Waals surface area contributed by atoms with Crippen LogP contribution in [0.15, 0.2) is 0 Å². The Balaban J connectivity index is 4.31. The van der Waals surface area contributed by atoms with Gasteiger partial charge in [-0.3, -0.25) is 14.2 Å². The fourth-order valence-corrected chi connectivity index (χ4v) is 5.91. The summed E-state index contributed by atoms with van der Waals surface area (Å²) in [6.07, 6.45) is 0.372. The summed E-state index contributed by atoms with van der Waals surface area (Å²) < 4.78 is 30.7. The van der Waals surface area contributed by atoms with Gasteiger partial charge in [0.2, 0.25) is 20.1 Å². The molecule has 2 unspecified atom stereocenters. The molecule has 0 bridgehead atoms. The minimum atomic E-state index is -2.31. The molecule has 0 spiro atoms. The van der Waals surface area contributed by atoms with Crippen LogP contribution in [0.4, 0.5) is 0 Å². The van der Waals surface area contributed by atoms with E-state index in [1.54, 1.807) is 0 Å². The molecule has 13 nitrogen and oxygen atoms in total. The molecule has 216 valence electrons. The Morgan fingerprint density at radius 1 is 0.676 bits per heavy atom. The van der Waals surface area contributed by atoms with Crippen LogP contribution in [0.3, 0.4) is 0 Å². The monoisotopic (exact) mass is 568 g/mol. The summed E-state index contributed by atoms with van der Waals surface area (Å²) in [7, 11) is 0.885. The normalized spacial score (nSPS) is 13.4. The van der Waals surface area contributed by atoms with Crippen molar-refractivity contribution in [2.75, 3.05) is 54.9 Å². The van der Waals surface area contributed by atoms with E-state index in [1.165, 1.54) is 28.4 Å². The first-order valence-corrected chi connectivity index (χ1v) is 18.2. The molecule has 0 fully saturated rings. The van der Waals surface area contributed by atoms with Crippen LogP contribution in [0.2, 0.25) is 38.3 Å². The van der Waals surface area contributed by atoms with Crippen molar-refractivity contribution in [3.8, 4) is 0 Å². The van der Waals surface area contributed by atoms with E-state index >= 15 is 0 Å². The fraction of sp³-hybridized carbons (Fsp3) is 0.818. The van der Waals surface area contributed by atoms with Crippen molar-refractivity contribution in [2.24, 2.45) is 0 Å². The van der Waals surface area contributed by atoms with E-state index in [0.717, 1.165) is 0 Å². The second kappa shape index (κ2) is 18.4. The summed E-state index contributed by atoms with van der Waals surface area (Å²) in [4.78, 5) is 53.1. The van der Waals surface area contributed by atoms with Crippen molar-refractivity contribution in [1.82, 2.24) is 10.6 Å². The molecule has 2 atom stereocenters. The van der Waals surface area contributed by atoms with Gasteiger partial charge in [-0.25, -0.2) is 14.5 Å². The molecule has 0 radical (unpaired) electrons. The maximum atomic E-state index is 12.2. The molecule has 0 aliphatic carbocycles. The van der Waals surface area contributed by atoms with Crippen LogP contribution in [0.5, 0.6) is 0 Å². The van der Waals surface area contributed by atoms with Crippen molar-refractivity contribution in [2.45, 2.75) is 63.2 Å². The number of methoxy groups -OCH3 is 4. The zero-order chi connectivity index (χ0) is 28.5. The largest absolute Gasteiger partial charge is 0.467 e. The van der Waals surface area contributed by atoms with E-state index in [0.29, 0.717) is 12.1 Å². The first kappa shape index (κ1) is 35.1. The van der Waals surface area contributed by atoms with Gasteiger partial charge < -0.3 is 34.0 Å². The molecule has 0 aromatic heterocycles. The molecule has 0 heterocycles. The number of rotatable bonds is 20. The number of carbonyl (C=O) groups excluding carboxylic acids is 4. The topological polar surface area (TPSA) is 157 Å². The van der Waals surface area contributed by atoms with Crippen molar-refractivity contribution < 1.29 is 52.0 Å². The first-order valence-electron chi connectivity index (χ1n) is 12.0. The van der Waals surface area contributed by atoms with Crippen LogP contribution in [0, 0.1) is 0 Å². The van der Waals surface area contributed by atoms with Gasteiger partial charge in [0.15, 0.2) is 20.4 Å². The van der Waals surface area contributed by atoms with Crippen molar-refractivity contribution in [3.05, 3.63) is 0 Å². The standard InChI is InChI=1S/C22H44N2O11Si2/c1-29-15-17(21(27)31-3)23-19(25)9-13-36(5,6)34-12-11-33-35-37(7,8)14-10-20(26)24-18(16-30-2)22(28)32-4/h17-18H,9-16H2,1-8H3,(H,23,25)(H,24,26). The Bertz CT molecular complexity index is 665. The summed E-state index contributed by atoms with van der Waals surface area (Å²) in [5, 5.41) is 5.20. The third-order valence-corrected chi connectivity index (χ3v) is 9.62. The van der Waals surface area contributed by atoms with Crippen molar-refractivity contribution in [1.29, 1.82) is 0 Å². The smallest absolute Gasteiger partial charge is 0.330 e. The minimum absolute atomic E-state index is 0.0189. The van der Waals surface area contributed by atoms with Gasteiger partial charge in [0.1, 0.15) is 6.61 Å². The predicted octanol–water partition coefficient (Wildman–Crippen LogP) is 0.750. The number of hydrogen-bond donors (Lipinski definition) is 2. The number of ether oxygens (including phenoxy) is 4. The minimum Gasteiger partial charge on any atom is -0.467 e. The van der Waals surface area contributed by atoms with Gasteiger partial charge in [-0.1, -0.05) is 0 Å². The predicted molar refractivity (Wildman–Crippen MR) is 138 cm³/mol. The van der Waals surface area contributed by atoms with Gasteiger partial charge in [0.05, 0.1) is 34.0 Å². The lowest BCUT2D eigenvalue weighted by atomic mass is 10.3. The molecule has 0 aliphatic heterocycles. The number of hydrogen-bond acceptors (Lipinski definition) is 11. The van der Waals surface area contributed by atoms with Crippen molar-refractivity contribution in [3.63, 3.8) is 0 Å². The fourth-order valence-electron chi connectivity index (χ4n) is 2.98. The quantitative estimate of drug-likeness (QED) is 0.0702. The number of nitrogens with one attached hydrogen (secondary N) is 2. The zero-order valence-electron chi connectivity index (χ0n) is 23.3. The Morgan fingerprint density at radius 3 is 1.51 bits per heavy atom. The molecule has 15 heteroatoms. The molecule has 37 heavy (non-hydrogen) atoms. The Hall–Kier alpha value is -1.89. The Morgan fingerprint density at radius 2 is 1.11 bits per heavy atom. The summed E-state index contributed by atoms with van der Waals surface area (Å²) in [5.74, 6) is -1.73. The molecular formula is C22H44N2O11Si2. The molecule has 0 rings (SSSR count). The molecule has 0 aromatic carbocycles. The van der Waals surface area contributed by atoms with Crippen LogP contribution >= 0.6 is 0 Å². The molecule has 2 N–H and O–H groups in total. The van der Waals surface area contributed by atoms with Gasteiger partial charge in [0, 0.05) is 27.1 Å². The number of esters is 2. The zero-order valence-corrected chi connectivity index (χ0v) is 25.3. The Labute approximate surface area is 221 Å². The molecule has 0 aliphatic rings. The highest BCUT2D eigenvalue weighted by molar-refractivity contribution is 6.71. The highest BCUT2D eigenvalue weighted by atomic mass is 28.4. The van der Waals surface area contributed by atoms with Gasteiger partial charge >= 0.3 is 11.9 Å². The third kappa shape index (κ3) is 16.5. The van der Waals surface area contributed by atoms with Crippen LogP contribution in [0.1, 0.15) is 12.8 Å². The van der Waals surface area contributed by atoms with E-state index in [4.69, 9.17) is 23.4 Å². The molecule has 0 saturated carbocycles. The molecule has 0 aromatic rings. The molecular weight excluding hydrogens is 524 g/mol. The van der Waals surface area contributed by atoms with E-state index in [1.807, 2.05) is 26.2 Å². The summed E-state index contributed by atoms with van der Waals surface area (Å²) in [5.41, 5.74) is 0. The second-order valence-electron chi connectivity index (χ2n) is 9.47. The molecule has 0 saturated heterocycles. The summed E-state index contributed by atoms with van der Waals surface area (Å²) in [6.45, 7) is 8.32. The lowest BCUT2D eigenvalue weighted by molar-refractivity contribution is -0.222. The number of carbonyl (C=O) groups is 4. The summed E-state index contributed by atoms with van der Waals surface area (Å²) in [6, 6.07) is -0.686. The lowest BCUT2D eigenvalue weighted by Crippen LogP contribution is -2.45. The van der Waals surface area contributed by atoms with Gasteiger partial charge in [-0.05, 0) is 38.3 Å². The van der Waals surface area contributed by atoms with E-state index < -0.39 is 40.7 Å². The average molecular weight is 569 g/mol. The van der Waals surface area contributed by atoms with E-state index in [9.17, 15) is 19.2 Å².